The summed E-state index contributed by atoms with van der Waals surface area (Å²) in [5.74, 6) is -3.35. The van der Waals surface area contributed by atoms with Crippen LogP contribution >= 0.6 is 82.8 Å². The maximum atomic E-state index is 14.7. The van der Waals surface area contributed by atoms with Crippen molar-refractivity contribution in [3.8, 4) is 0 Å². The Bertz CT molecular complexity index is 2930. The van der Waals surface area contributed by atoms with Crippen LogP contribution in [0.1, 0.15) is 101 Å². The number of carbonyl (C=O) groups is 4. The van der Waals surface area contributed by atoms with Crippen LogP contribution in [0.5, 0.6) is 0 Å². The normalized spacial score (nSPS) is 18.4. The molecule has 4 aromatic carbocycles. The molecule has 15 nitrogen and oxygen atoms in total. The van der Waals surface area contributed by atoms with E-state index in [0.29, 0.717) is 66.5 Å². The summed E-state index contributed by atoms with van der Waals surface area (Å²) in [6, 6.07) is 10.8. The molecule has 4 aromatic rings. The second kappa shape index (κ2) is 29.6. The highest BCUT2D eigenvalue weighted by molar-refractivity contribution is 7.92. The van der Waals surface area contributed by atoms with Crippen LogP contribution in [0.4, 0.5) is 51.7 Å². The number of hydrogen-bond donors (Lipinski definition) is 5. The quantitative estimate of drug-likeness (QED) is 0.0486. The van der Waals surface area contributed by atoms with Crippen molar-refractivity contribution in [2.45, 2.75) is 91.8 Å². The molecule has 436 valence electrons. The average Bonchev–Trinajstić information content (AvgIpc) is 4.28. The molecule has 4 amide bonds. The lowest BCUT2D eigenvalue weighted by Crippen LogP contribution is -2.41. The van der Waals surface area contributed by atoms with E-state index >= 15 is 0 Å². The number of benzene rings is 4. The SMILES string of the molecule is CCOS(=O)(=O)C(Cl)(Cl)Cl.Cl.Cl.O=C(N[C@H]1CCc2c(C(=O)Nc3ccc(F)c(Cl)c3)ccc(F)c21)OC[C@@H]1CCCN1.O=C(N[C@H]1CCc2c(C(=O)Nc3ccc(F)c(Cl)c3)ccc(F)c21)OC[C@@H]1CCCN1CC(F)(F)F. The molecule has 0 bridgehead atoms. The molecule has 5 N–H and O–H groups in total. The topological polar surface area (TPSA) is 194 Å². The third-order valence-corrected chi connectivity index (χ3v) is 15.9. The van der Waals surface area contributed by atoms with Gasteiger partial charge in [-0.2, -0.15) is 21.6 Å². The molecule has 2 saturated heterocycles. The summed E-state index contributed by atoms with van der Waals surface area (Å²) >= 11 is 26.6. The molecule has 2 aliphatic carbocycles. The van der Waals surface area contributed by atoms with Crippen LogP contribution in [0.25, 0.3) is 0 Å². The van der Waals surface area contributed by atoms with Crippen molar-refractivity contribution >= 4 is 128 Å². The van der Waals surface area contributed by atoms with E-state index in [1.165, 1.54) is 54.3 Å². The van der Waals surface area contributed by atoms with Crippen LogP contribution < -0.4 is 26.6 Å². The lowest BCUT2D eigenvalue weighted by atomic mass is 10.0. The van der Waals surface area contributed by atoms with Crippen molar-refractivity contribution in [2.75, 3.05) is 50.1 Å². The van der Waals surface area contributed by atoms with Crippen LogP contribution in [-0.2, 0) is 36.6 Å². The Morgan fingerprint density at radius 3 is 1.56 bits per heavy atom. The standard InChI is InChI=1S/C24H23ClF5N3O3.C22H22ClF2N3O3.C3H5Cl3O3S.2ClH/c25-17-10-13(3-6-18(17)26)31-22(34)16-4-7-19(27)21-15(16)5-8-20(21)32-23(35)36-11-14-2-1-9-33(14)12-24(28,29)30;23-16-10-12(3-6-17(16)24)27-21(29)15-4-7-18(25)20-14(15)5-8-19(20)28-22(30)31-11-13-2-1-9-26-13;1-2-9-10(7,8)3(4,5)6;;/h3-4,6-7,10,14,20H,1-2,5,8-9,11-12H2,(H,31,34)(H,32,35);3-4,6-7,10,13,19,26H,1-2,5,8-9,11H2,(H,27,29)(H,28,30);2H2,1H3;2*1H/t14-,20-;13-,19-;;;/m00.../s1. The molecule has 0 aromatic heterocycles. The largest absolute Gasteiger partial charge is 0.448 e. The Balaban J connectivity index is 0.000000286. The molecule has 30 heteroatoms. The van der Waals surface area contributed by atoms with Gasteiger partial charge in [-0.1, -0.05) is 58.0 Å². The highest BCUT2D eigenvalue weighted by atomic mass is 35.6. The minimum Gasteiger partial charge on any atom is -0.448 e. The van der Waals surface area contributed by atoms with Crippen molar-refractivity contribution in [1.82, 2.24) is 20.9 Å². The zero-order valence-corrected chi connectivity index (χ0v) is 47.6. The number of nitrogens with one attached hydrogen (secondary N) is 5. The van der Waals surface area contributed by atoms with Crippen LogP contribution in [-0.4, -0.2) is 98.2 Å². The first-order chi connectivity index (χ1) is 36.2. The lowest BCUT2D eigenvalue weighted by molar-refractivity contribution is -0.148. The number of fused-ring (bicyclic) bond motifs is 2. The molecular formula is C49H52Cl7F7N6O9S. The molecule has 4 atom stereocenters. The first kappa shape index (κ1) is 67.2. The predicted molar refractivity (Wildman–Crippen MR) is 290 cm³/mol. The van der Waals surface area contributed by atoms with E-state index in [-0.39, 0.29) is 84.1 Å². The number of alkyl halides is 6. The van der Waals surface area contributed by atoms with Gasteiger partial charge >= 0.3 is 31.6 Å². The van der Waals surface area contributed by atoms with Gasteiger partial charge in [0.25, 0.3) is 11.8 Å². The molecule has 2 fully saturated rings. The maximum Gasteiger partial charge on any atom is 0.407 e. The van der Waals surface area contributed by atoms with Gasteiger partial charge in [-0.3, -0.25) is 18.7 Å². The molecule has 0 unspecified atom stereocenters. The van der Waals surface area contributed by atoms with Gasteiger partial charge in [0.2, 0.25) is 0 Å². The number of anilines is 2. The number of amides is 4. The monoisotopic (exact) mass is 1280 g/mol. The van der Waals surface area contributed by atoms with E-state index in [4.69, 9.17) is 67.5 Å². The van der Waals surface area contributed by atoms with Gasteiger partial charge in [0.1, 0.15) is 36.5 Å². The van der Waals surface area contributed by atoms with E-state index in [1.54, 1.807) is 0 Å². The minimum absolute atomic E-state index is 0. The minimum atomic E-state index is -4.34. The van der Waals surface area contributed by atoms with E-state index in [1.807, 2.05) is 0 Å². The zero-order chi connectivity index (χ0) is 56.4. The highest BCUT2D eigenvalue weighted by Gasteiger charge is 2.40. The number of hydrogen-bond acceptors (Lipinski definition) is 11. The zero-order valence-electron chi connectivity index (χ0n) is 41.4. The van der Waals surface area contributed by atoms with E-state index in [2.05, 4.69) is 30.8 Å². The Labute approximate surface area is 487 Å². The Kier molecular flexibility index (Phi) is 25.2. The summed E-state index contributed by atoms with van der Waals surface area (Å²) in [4.78, 5) is 51.4. The number of carbonyl (C=O) groups excluding carboxylic acids is 4. The van der Waals surface area contributed by atoms with E-state index in [9.17, 15) is 58.3 Å². The predicted octanol–water partition coefficient (Wildman–Crippen LogP) is 12.5. The van der Waals surface area contributed by atoms with Gasteiger partial charge < -0.3 is 36.1 Å². The molecule has 79 heavy (non-hydrogen) atoms. The first-order valence-corrected chi connectivity index (χ1v) is 27.1. The lowest BCUT2D eigenvalue weighted by Gasteiger charge is -2.25. The third-order valence-electron chi connectivity index (χ3n) is 12.5. The molecular weight excluding hydrogens is 1230 g/mol. The number of nitrogens with zero attached hydrogens (tertiary/aromatic N) is 1. The van der Waals surface area contributed by atoms with Gasteiger partial charge in [0.05, 0.1) is 35.3 Å². The van der Waals surface area contributed by atoms with Crippen molar-refractivity contribution in [2.24, 2.45) is 0 Å². The van der Waals surface area contributed by atoms with Crippen molar-refractivity contribution in [3.05, 3.63) is 127 Å². The van der Waals surface area contributed by atoms with Gasteiger partial charge in [-0.25, -0.2) is 27.2 Å². The average molecular weight is 1280 g/mol. The molecule has 8 rings (SSSR count). The summed E-state index contributed by atoms with van der Waals surface area (Å²) in [6.07, 6.45) is -1.30. The van der Waals surface area contributed by atoms with Crippen molar-refractivity contribution in [1.29, 1.82) is 0 Å². The maximum absolute atomic E-state index is 14.7. The molecule has 2 aliphatic heterocycles. The second-order valence-corrected chi connectivity index (χ2v) is 23.3. The highest BCUT2D eigenvalue weighted by Crippen LogP contribution is 2.38. The van der Waals surface area contributed by atoms with Crippen LogP contribution in [0.3, 0.4) is 0 Å². The number of ether oxygens (including phenoxy) is 2. The molecule has 0 radical (unpaired) electrons. The Hall–Kier alpha value is -4.27. The third kappa shape index (κ3) is 18.6. The second-order valence-electron chi connectivity index (χ2n) is 17.8. The van der Waals surface area contributed by atoms with Crippen LogP contribution in [0.15, 0.2) is 60.7 Å². The molecule has 2 heterocycles. The number of rotatable bonds is 13. The van der Waals surface area contributed by atoms with E-state index < -0.39 is 91.4 Å². The Morgan fingerprint density at radius 2 is 1.15 bits per heavy atom. The number of likely N-dealkylation sites (tertiary alicyclic amines) is 1. The van der Waals surface area contributed by atoms with Gasteiger partial charge in [-0.05, 0) is 143 Å². The van der Waals surface area contributed by atoms with E-state index in [0.717, 1.165) is 37.6 Å². The summed E-state index contributed by atoms with van der Waals surface area (Å²) in [6.45, 7) is 1.59. The van der Waals surface area contributed by atoms with Gasteiger partial charge in [0, 0.05) is 45.7 Å². The van der Waals surface area contributed by atoms with Crippen LogP contribution in [0, 0.1) is 23.3 Å². The molecule has 0 saturated carbocycles. The fourth-order valence-corrected chi connectivity index (χ4v) is 10.3. The van der Waals surface area contributed by atoms with Crippen LogP contribution in [0.2, 0.25) is 10.0 Å². The molecule has 0 spiro atoms. The molecule has 4 aliphatic rings. The summed E-state index contributed by atoms with van der Waals surface area (Å²) in [5.41, 5.74) is 2.46. The number of alkyl carbamates (subject to hydrolysis) is 2. The summed E-state index contributed by atoms with van der Waals surface area (Å²) < 4.78 is 128. The fraction of sp³-hybridized carbons (Fsp3) is 0.429. The first-order valence-electron chi connectivity index (χ1n) is 23.8. The smallest absolute Gasteiger partial charge is 0.407 e. The van der Waals surface area contributed by atoms with Gasteiger partial charge in [0.15, 0.2) is 0 Å². The fourth-order valence-electron chi connectivity index (χ4n) is 9.05. The van der Waals surface area contributed by atoms with Crippen molar-refractivity contribution in [3.63, 3.8) is 0 Å². The summed E-state index contributed by atoms with van der Waals surface area (Å²) in [5, 5.41) is 13.5. The number of halogens is 14. The Morgan fingerprint density at radius 1 is 0.684 bits per heavy atom. The summed E-state index contributed by atoms with van der Waals surface area (Å²) in [7, 11) is -4.05. The van der Waals surface area contributed by atoms with Gasteiger partial charge in [-0.15, -0.1) is 24.8 Å². The van der Waals surface area contributed by atoms with Crippen molar-refractivity contribution < 1.29 is 72.0 Å².